The molecule has 1 unspecified atom stereocenters. The second-order valence-electron chi connectivity index (χ2n) is 4.59. The molecule has 0 aromatic heterocycles. The number of ether oxygens (including phenoxy) is 1. The second-order valence-corrected chi connectivity index (χ2v) is 4.59. The van der Waals surface area contributed by atoms with Crippen molar-refractivity contribution >= 4 is 11.8 Å². The van der Waals surface area contributed by atoms with E-state index in [-0.39, 0.29) is 12.2 Å². The molecule has 17 heavy (non-hydrogen) atoms. The molecule has 4 nitrogen and oxygen atoms in total. The van der Waals surface area contributed by atoms with Gasteiger partial charge in [0.05, 0.1) is 18.8 Å². The molecule has 0 amide bonds. The van der Waals surface area contributed by atoms with Crippen molar-refractivity contribution in [1.29, 1.82) is 0 Å². The van der Waals surface area contributed by atoms with E-state index in [0.29, 0.717) is 31.8 Å². The third-order valence-electron chi connectivity index (χ3n) is 2.72. The number of hydrogen-bond acceptors (Lipinski definition) is 3. The summed E-state index contributed by atoms with van der Waals surface area (Å²) in [5, 5.41) is 8.45. The Hall–Kier alpha value is -1.32. The number of carboxylic acids is 1. The third kappa shape index (κ3) is 6.09. The van der Waals surface area contributed by atoms with Crippen molar-refractivity contribution in [3.63, 3.8) is 0 Å². The van der Waals surface area contributed by atoms with E-state index in [0.717, 1.165) is 18.6 Å². The molecule has 0 aromatic carbocycles. The Bertz CT molecular complexity index is 307. The summed E-state index contributed by atoms with van der Waals surface area (Å²) >= 11 is 0. The minimum atomic E-state index is -0.769. The van der Waals surface area contributed by atoms with E-state index < -0.39 is 5.97 Å². The van der Waals surface area contributed by atoms with Gasteiger partial charge < -0.3 is 9.84 Å². The molecular weight excluding hydrogens is 220 g/mol. The summed E-state index contributed by atoms with van der Waals surface area (Å²) in [7, 11) is 0. The molecule has 4 heteroatoms. The lowest BCUT2D eigenvalue weighted by molar-refractivity contribution is -0.137. The number of Topliss-reactive ketones (excluding diaryl/α,β-unsaturated/α-hetero) is 1. The number of carboxylic acid groups (broad SMARTS) is 1. The lowest BCUT2D eigenvalue weighted by Crippen LogP contribution is -2.01. The van der Waals surface area contributed by atoms with E-state index in [4.69, 9.17) is 9.84 Å². The molecule has 1 heterocycles. The summed E-state index contributed by atoms with van der Waals surface area (Å²) in [6.45, 7) is 2.74. The van der Waals surface area contributed by atoms with Crippen molar-refractivity contribution in [2.45, 2.75) is 45.4 Å². The molecule has 0 radical (unpaired) electrons. The molecule has 0 aromatic rings. The number of hydrogen-bond donors (Lipinski definition) is 1. The van der Waals surface area contributed by atoms with Gasteiger partial charge in [0.15, 0.2) is 0 Å². The van der Waals surface area contributed by atoms with Crippen molar-refractivity contribution in [1.82, 2.24) is 0 Å². The minimum absolute atomic E-state index is 0.181. The van der Waals surface area contributed by atoms with E-state index in [2.05, 4.69) is 6.92 Å². The highest BCUT2D eigenvalue weighted by molar-refractivity contribution is 5.80. The number of carbonyl (C=O) groups is 2. The van der Waals surface area contributed by atoms with Crippen molar-refractivity contribution in [2.75, 3.05) is 6.61 Å². The van der Waals surface area contributed by atoms with Crippen LogP contribution in [0.2, 0.25) is 0 Å². The molecule has 0 fully saturated rings. The van der Waals surface area contributed by atoms with Gasteiger partial charge in [-0.05, 0) is 18.9 Å². The number of aliphatic carboxylic acids is 1. The zero-order valence-electron chi connectivity index (χ0n) is 10.3. The van der Waals surface area contributed by atoms with Gasteiger partial charge in [-0.2, -0.15) is 0 Å². The van der Waals surface area contributed by atoms with E-state index in [1.54, 1.807) is 0 Å². The molecule has 1 N–H and O–H groups in total. The molecule has 0 bridgehead atoms. The highest BCUT2D eigenvalue weighted by atomic mass is 16.5. The Labute approximate surface area is 102 Å². The van der Waals surface area contributed by atoms with Gasteiger partial charge in [0.25, 0.3) is 0 Å². The Morgan fingerprint density at radius 3 is 2.65 bits per heavy atom. The smallest absolute Gasteiger partial charge is 0.303 e. The Morgan fingerprint density at radius 2 is 2.06 bits per heavy atom. The van der Waals surface area contributed by atoms with Gasteiger partial charge in [-0.25, -0.2) is 0 Å². The Kier molecular flexibility index (Phi) is 5.73. The van der Waals surface area contributed by atoms with Crippen LogP contribution in [0, 0.1) is 5.92 Å². The van der Waals surface area contributed by atoms with Gasteiger partial charge in [-0.1, -0.05) is 13.3 Å². The second kappa shape index (κ2) is 7.09. The summed E-state index contributed by atoms with van der Waals surface area (Å²) in [6.07, 6.45) is 5.34. The lowest BCUT2D eigenvalue weighted by Gasteiger charge is -2.03. The zero-order valence-corrected chi connectivity index (χ0v) is 10.3. The average molecular weight is 240 g/mol. The number of rotatable bonds is 8. The van der Waals surface area contributed by atoms with Gasteiger partial charge in [0.1, 0.15) is 5.78 Å². The number of unbranched alkanes of at least 4 members (excludes halogenated alkanes) is 2. The standard InChI is InChI=1S/C13H20O4/c1-10-7-12(17-9-10)8-11(14)5-3-2-4-6-13(15)16/h7,10H,2-6,8-9H2,1H3,(H,15,16). The summed E-state index contributed by atoms with van der Waals surface area (Å²) in [6, 6.07) is 0. The summed E-state index contributed by atoms with van der Waals surface area (Å²) in [4.78, 5) is 21.8. The maximum atomic E-state index is 11.6. The van der Waals surface area contributed by atoms with E-state index in [1.165, 1.54) is 0 Å². The minimum Gasteiger partial charge on any atom is -0.497 e. The molecule has 1 aliphatic rings. The first-order valence-corrected chi connectivity index (χ1v) is 6.15. The summed E-state index contributed by atoms with van der Waals surface area (Å²) in [5.74, 6) is 0.622. The predicted octanol–water partition coefficient (Wildman–Crippen LogP) is 2.53. The summed E-state index contributed by atoms with van der Waals surface area (Å²) < 4.78 is 5.36. The molecule has 1 rings (SSSR count). The molecule has 1 aliphatic heterocycles. The van der Waals surface area contributed by atoms with Gasteiger partial charge >= 0.3 is 5.97 Å². The SMILES string of the molecule is CC1C=C(CC(=O)CCCCCC(=O)O)OC1. The first kappa shape index (κ1) is 13.7. The fourth-order valence-electron chi connectivity index (χ4n) is 1.82. The monoisotopic (exact) mass is 240 g/mol. The fraction of sp³-hybridized carbons (Fsp3) is 0.692. The van der Waals surface area contributed by atoms with Crippen LogP contribution in [0.3, 0.4) is 0 Å². The van der Waals surface area contributed by atoms with Crippen molar-refractivity contribution in [2.24, 2.45) is 5.92 Å². The van der Waals surface area contributed by atoms with E-state index >= 15 is 0 Å². The zero-order chi connectivity index (χ0) is 12.7. The van der Waals surface area contributed by atoms with Gasteiger partial charge in [-0.15, -0.1) is 0 Å². The van der Waals surface area contributed by atoms with Crippen LogP contribution in [0.1, 0.15) is 45.4 Å². The molecular formula is C13H20O4. The predicted molar refractivity (Wildman–Crippen MR) is 63.5 cm³/mol. The van der Waals surface area contributed by atoms with Crippen LogP contribution in [0.15, 0.2) is 11.8 Å². The molecule has 0 saturated carbocycles. The number of carbonyl (C=O) groups excluding carboxylic acids is 1. The molecule has 0 saturated heterocycles. The first-order chi connectivity index (χ1) is 8.08. The van der Waals surface area contributed by atoms with Crippen LogP contribution >= 0.6 is 0 Å². The third-order valence-corrected chi connectivity index (χ3v) is 2.72. The van der Waals surface area contributed by atoms with Gasteiger partial charge in [-0.3, -0.25) is 9.59 Å². The van der Waals surface area contributed by atoms with E-state index in [9.17, 15) is 9.59 Å². The molecule has 0 aliphatic carbocycles. The topological polar surface area (TPSA) is 63.6 Å². The van der Waals surface area contributed by atoms with Crippen molar-refractivity contribution < 1.29 is 19.4 Å². The Morgan fingerprint density at radius 1 is 1.35 bits per heavy atom. The van der Waals surface area contributed by atoms with Gasteiger partial charge in [0, 0.05) is 18.8 Å². The summed E-state index contributed by atoms with van der Waals surface area (Å²) in [5.41, 5.74) is 0. The fourth-order valence-corrected chi connectivity index (χ4v) is 1.82. The maximum absolute atomic E-state index is 11.6. The largest absolute Gasteiger partial charge is 0.497 e. The van der Waals surface area contributed by atoms with Crippen LogP contribution in [-0.2, 0) is 14.3 Å². The van der Waals surface area contributed by atoms with Crippen LogP contribution < -0.4 is 0 Å². The van der Waals surface area contributed by atoms with Gasteiger partial charge in [0.2, 0.25) is 0 Å². The molecule has 0 spiro atoms. The average Bonchev–Trinajstić information content (AvgIpc) is 2.63. The first-order valence-electron chi connectivity index (χ1n) is 6.15. The van der Waals surface area contributed by atoms with Crippen molar-refractivity contribution in [3.8, 4) is 0 Å². The highest BCUT2D eigenvalue weighted by Crippen LogP contribution is 2.19. The van der Waals surface area contributed by atoms with Crippen LogP contribution in [0.25, 0.3) is 0 Å². The van der Waals surface area contributed by atoms with Crippen LogP contribution in [-0.4, -0.2) is 23.5 Å². The normalized spacial score (nSPS) is 18.6. The maximum Gasteiger partial charge on any atom is 0.303 e. The molecule has 96 valence electrons. The molecule has 1 atom stereocenters. The van der Waals surface area contributed by atoms with E-state index in [1.807, 2.05) is 6.08 Å². The Balaban J connectivity index is 2.05. The quantitative estimate of drug-likeness (QED) is 0.662. The number of allylic oxidation sites excluding steroid dienone is 1. The van der Waals surface area contributed by atoms with Crippen LogP contribution in [0.4, 0.5) is 0 Å². The van der Waals surface area contributed by atoms with Crippen LogP contribution in [0.5, 0.6) is 0 Å². The van der Waals surface area contributed by atoms with Crippen molar-refractivity contribution in [3.05, 3.63) is 11.8 Å². The lowest BCUT2D eigenvalue weighted by atomic mass is 10.1. The highest BCUT2D eigenvalue weighted by Gasteiger charge is 2.15. The number of ketones is 1.